The van der Waals surface area contributed by atoms with Crippen molar-refractivity contribution in [2.24, 2.45) is 0 Å². The molecule has 0 spiro atoms. The minimum absolute atomic E-state index is 0.394. The minimum Gasteiger partial charge on any atom is -0.399 e. The Morgan fingerprint density at radius 1 is 1.25 bits per heavy atom. The zero-order valence-corrected chi connectivity index (χ0v) is 10.4. The van der Waals surface area contributed by atoms with E-state index in [-0.39, 0.29) is 0 Å². The molecule has 5 nitrogen and oxygen atoms in total. The number of nitrogens with one attached hydrogen (secondary N) is 1. The first-order valence-electron chi connectivity index (χ1n) is 4.94. The first-order valence-corrected chi connectivity index (χ1v) is 6.42. The van der Waals surface area contributed by atoms with E-state index < -0.39 is 51.1 Å². The Bertz CT molecular complexity index is 579. The molecule has 1 aromatic rings. The van der Waals surface area contributed by atoms with Gasteiger partial charge in [0.05, 0.1) is 0 Å². The zero-order valence-electron chi connectivity index (χ0n) is 9.58. The van der Waals surface area contributed by atoms with Gasteiger partial charge in [-0.05, 0) is 12.1 Å². The molecular formula is C9H9F5N2O3S. The van der Waals surface area contributed by atoms with E-state index in [0.717, 1.165) is 0 Å². The summed E-state index contributed by atoms with van der Waals surface area (Å²) in [7, 11) is -4.91. The lowest BCUT2D eigenvalue weighted by molar-refractivity contribution is -0.200. The van der Waals surface area contributed by atoms with Gasteiger partial charge in [-0.3, -0.25) is 0 Å². The third-order valence-electron chi connectivity index (χ3n) is 2.13. The molecule has 0 bridgehead atoms. The fourth-order valence-electron chi connectivity index (χ4n) is 1.21. The molecule has 0 aliphatic rings. The molecule has 0 amide bonds. The van der Waals surface area contributed by atoms with Crippen LogP contribution in [0.5, 0.6) is 0 Å². The highest BCUT2D eigenvalue weighted by Gasteiger charge is 2.39. The van der Waals surface area contributed by atoms with Crippen LogP contribution in [0, 0.1) is 11.6 Å². The van der Waals surface area contributed by atoms with Gasteiger partial charge in [-0.25, -0.2) is 21.9 Å². The van der Waals surface area contributed by atoms with E-state index in [0.29, 0.717) is 12.1 Å². The third kappa shape index (κ3) is 3.77. The number of hydrogen-bond acceptors (Lipinski definition) is 4. The molecule has 4 N–H and O–H groups in total. The summed E-state index contributed by atoms with van der Waals surface area (Å²) in [6.45, 7) is -1.48. The van der Waals surface area contributed by atoms with Gasteiger partial charge in [0.25, 0.3) is 0 Å². The average molecular weight is 320 g/mol. The Kier molecular flexibility index (Phi) is 4.56. The molecule has 0 saturated carbocycles. The lowest BCUT2D eigenvalue weighted by Gasteiger charge is -2.15. The van der Waals surface area contributed by atoms with Gasteiger partial charge in [0.15, 0.2) is 11.0 Å². The molecule has 0 fully saturated rings. The minimum atomic E-state index is -5.07. The van der Waals surface area contributed by atoms with Crippen LogP contribution in [0.25, 0.3) is 0 Å². The number of alkyl halides is 3. The second-order valence-electron chi connectivity index (χ2n) is 3.72. The smallest absolute Gasteiger partial charge is 0.399 e. The molecule has 20 heavy (non-hydrogen) atoms. The summed E-state index contributed by atoms with van der Waals surface area (Å²) in [4.78, 5) is -1.47. The van der Waals surface area contributed by atoms with Crippen molar-refractivity contribution in [2.45, 2.75) is 17.2 Å². The van der Waals surface area contributed by atoms with E-state index in [9.17, 15) is 30.4 Å². The molecule has 0 radical (unpaired) electrons. The Balaban J connectivity index is 3.02. The first-order chi connectivity index (χ1) is 8.95. The largest absolute Gasteiger partial charge is 0.415 e. The number of aliphatic hydroxyl groups is 1. The van der Waals surface area contributed by atoms with Crippen LogP contribution >= 0.6 is 0 Å². The van der Waals surface area contributed by atoms with Gasteiger partial charge >= 0.3 is 6.18 Å². The van der Waals surface area contributed by atoms with E-state index >= 15 is 0 Å². The van der Waals surface area contributed by atoms with Crippen molar-refractivity contribution in [3.63, 3.8) is 0 Å². The van der Waals surface area contributed by atoms with Crippen molar-refractivity contribution < 1.29 is 35.5 Å². The fourth-order valence-corrected chi connectivity index (χ4v) is 2.37. The second kappa shape index (κ2) is 5.50. The van der Waals surface area contributed by atoms with E-state index in [4.69, 9.17) is 10.8 Å². The zero-order chi connectivity index (χ0) is 15.7. The number of halogens is 5. The van der Waals surface area contributed by atoms with Gasteiger partial charge in [0, 0.05) is 12.2 Å². The fraction of sp³-hybridized carbons (Fsp3) is 0.333. The summed E-state index contributed by atoms with van der Waals surface area (Å²) < 4.78 is 86.9. The molecule has 0 aromatic heterocycles. The van der Waals surface area contributed by atoms with E-state index in [2.05, 4.69) is 0 Å². The van der Waals surface area contributed by atoms with Crippen LogP contribution in [-0.2, 0) is 10.0 Å². The van der Waals surface area contributed by atoms with Gasteiger partial charge < -0.3 is 10.8 Å². The van der Waals surface area contributed by atoms with Crippen LogP contribution in [0.15, 0.2) is 17.0 Å². The maximum absolute atomic E-state index is 13.3. The van der Waals surface area contributed by atoms with Crippen LogP contribution in [0.3, 0.4) is 0 Å². The molecule has 1 atom stereocenters. The average Bonchev–Trinajstić information content (AvgIpc) is 2.22. The van der Waals surface area contributed by atoms with Gasteiger partial charge in [0.2, 0.25) is 10.0 Å². The molecule has 1 rings (SSSR count). The predicted octanol–water partition coefficient (Wildman–Crippen LogP) is 0.748. The van der Waals surface area contributed by atoms with Crippen LogP contribution in [0.4, 0.5) is 27.6 Å². The van der Waals surface area contributed by atoms with Gasteiger partial charge in [-0.1, -0.05) is 0 Å². The van der Waals surface area contributed by atoms with Crippen molar-refractivity contribution in [1.29, 1.82) is 0 Å². The summed E-state index contributed by atoms with van der Waals surface area (Å²) >= 11 is 0. The first kappa shape index (κ1) is 16.6. The quantitative estimate of drug-likeness (QED) is 0.564. The Morgan fingerprint density at radius 3 is 2.10 bits per heavy atom. The summed E-state index contributed by atoms with van der Waals surface area (Å²) in [5.41, 5.74) is 4.67. The summed E-state index contributed by atoms with van der Waals surface area (Å²) in [5.74, 6) is -3.12. The highest BCUT2D eigenvalue weighted by atomic mass is 32.2. The van der Waals surface area contributed by atoms with Crippen LogP contribution in [-0.4, -0.2) is 32.3 Å². The maximum Gasteiger partial charge on any atom is 0.415 e. The number of aliphatic hydroxyl groups excluding tert-OH is 1. The molecule has 0 aliphatic carbocycles. The number of nitrogens with two attached hydrogens (primary N) is 1. The second-order valence-corrected chi connectivity index (χ2v) is 5.43. The Morgan fingerprint density at radius 2 is 1.70 bits per heavy atom. The summed E-state index contributed by atoms with van der Waals surface area (Å²) in [5, 5.41) is 8.62. The molecule has 1 unspecified atom stereocenters. The molecule has 114 valence electrons. The summed E-state index contributed by atoms with van der Waals surface area (Å²) in [6, 6.07) is 0.996. The van der Waals surface area contributed by atoms with Gasteiger partial charge in [-0.2, -0.15) is 13.2 Å². The number of rotatable bonds is 4. The van der Waals surface area contributed by atoms with Gasteiger partial charge in [0.1, 0.15) is 11.6 Å². The van der Waals surface area contributed by atoms with Crippen LogP contribution < -0.4 is 10.5 Å². The van der Waals surface area contributed by atoms with Crippen molar-refractivity contribution in [1.82, 2.24) is 4.72 Å². The van der Waals surface area contributed by atoms with E-state index in [1.807, 2.05) is 0 Å². The standard InChI is InChI=1S/C9H9F5N2O3S/c10-5-1-4(15)2-6(11)8(5)20(18,19)16-3-7(17)9(12,13)14/h1-2,7,16-17H,3,15H2. The van der Waals surface area contributed by atoms with Crippen molar-refractivity contribution in [3.05, 3.63) is 23.8 Å². The molecule has 0 saturated heterocycles. The normalized spacial score (nSPS) is 14.3. The van der Waals surface area contributed by atoms with Crippen molar-refractivity contribution in [3.8, 4) is 0 Å². The maximum atomic E-state index is 13.3. The van der Waals surface area contributed by atoms with Crippen LogP contribution in [0.1, 0.15) is 0 Å². The number of nitrogen functional groups attached to an aromatic ring is 1. The SMILES string of the molecule is Nc1cc(F)c(S(=O)(=O)NCC(O)C(F)(F)F)c(F)c1. The van der Waals surface area contributed by atoms with Crippen molar-refractivity contribution >= 4 is 15.7 Å². The summed E-state index contributed by atoms with van der Waals surface area (Å²) in [6.07, 6.45) is -8.07. The van der Waals surface area contributed by atoms with E-state index in [1.54, 1.807) is 0 Å². The number of benzene rings is 1. The van der Waals surface area contributed by atoms with Crippen molar-refractivity contribution in [2.75, 3.05) is 12.3 Å². The third-order valence-corrected chi connectivity index (χ3v) is 3.61. The lowest BCUT2D eigenvalue weighted by Crippen LogP contribution is -2.41. The molecule has 0 aliphatic heterocycles. The van der Waals surface area contributed by atoms with Gasteiger partial charge in [-0.15, -0.1) is 0 Å². The predicted molar refractivity (Wildman–Crippen MR) is 58.0 cm³/mol. The Labute approximate surface area is 110 Å². The Hall–Kier alpha value is -1.46. The molecular weight excluding hydrogens is 311 g/mol. The number of hydrogen-bond donors (Lipinski definition) is 3. The van der Waals surface area contributed by atoms with Crippen LogP contribution in [0.2, 0.25) is 0 Å². The number of anilines is 1. The molecule has 1 aromatic carbocycles. The molecule has 0 heterocycles. The van der Waals surface area contributed by atoms with E-state index in [1.165, 1.54) is 4.72 Å². The topological polar surface area (TPSA) is 92.4 Å². The number of sulfonamides is 1. The highest BCUT2D eigenvalue weighted by Crippen LogP contribution is 2.23. The highest BCUT2D eigenvalue weighted by molar-refractivity contribution is 7.89. The lowest BCUT2D eigenvalue weighted by atomic mass is 10.3. The molecule has 11 heteroatoms. The monoisotopic (exact) mass is 320 g/mol.